The van der Waals surface area contributed by atoms with Gasteiger partial charge in [0.2, 0.25) is 5.91 Å². The maximum absolute atomic E-state index is 12.4. The van der Waals surface area contributed by atoms with Crippen molar-refractivity contribution in [2.75, 3.05) is 6.61 Å². The van der Waals surface area contributed by atoms with Crippen molar-refractivity contribution in [2.45, 2.75) is 32.0 Å². The molecule has 1 aliphatic heterocycles. The quantitative estimate of drug-likeness (QED) is 0.742. The molecule has 2 aromatic rings. The van der Waals surface area contributed by atoms with Crippen molar-refractivity contribution in [3.05, 3.63) is 64.7 Å². The fourth-order valence-corrected chi connectivity index (χ4v) is 2.95. The molecule has 0 aliphatic carbocycles. The molecule has 3 rings (SSSR count). The lowest BCUT2D eigenvalue weighted by molar-refractivity contribution is -0.123. The summed E-state index contributed by atoms with van der Waals surface area (Å²) in [6, 6.07) is 15.2. The van der Waals surface area contributed by atoms with Gasteiger partial charge in [-0.05, 0) is 48.7 Å². The summed E-state index contributed by atoms with van der Waals surface area (Å²) in [5.74, 6) is 0.822. The Kier molecular flexibility index (Phi) is 5.91. The third-order valence-electron chi connectivity index (χ3n) is 4.19. The molecule has 2 aromatic carbocycles. The molecule has 1 fully saturated rings. The van der Waals surface area contributed by atoms with E-state index in [0.29, 0.717) is 24.6 Å². The second-order valence-corrected chi connectivity index (χ2v) is 6.41. The van der Waals surface area contributed by atoms with E-state index in [1.807, 2.05) is 55.5 Å². The summed E-state index contributed by atoms with van der Waals surface area (Å²) in [5.41, 5.74) is 8.39. The molecule has 0 bridgehead atoms. The van der Waals surface area contributed by atoms with Gasteiger partial charge in [0.05, 0.1) is 6.61 Å². The first-order valence-electron chi connectivity index (χ1n) is 8.41. The van der Waals surface area contributed by atoms with Crippen LogP contribution in [0.2, 0.25) is 5.02 Å². The monoisotopic (exact) mass is 359 g/mol. The second-order valence-electron chi connectivity index (χ2n) is 5.98. The highest BCUT2D eigenvalue weighted by Gasteiger charge is 2.29. The van der Waals surface area contributed by atoms with Crippen LogP contribution in [0.1, 0.15) is 30.5 Å². The molecule has 1 saturated heterocycles. The average molecular weight is 360 g/mol. The first-order valence-corrected chi connectivity index (χ1v) is 8.79. The van der Waals surface area contributed by atoms with Crippen molar-refractivity contribution in [1.82, 2.24) is 16.2 Å². The molecule has 0 spiro atoms. The summed E-state index contributed by atoms with van der Waals surface area (Å²) in [6.45, 7) is 3.09. The number of halogens is 1. The van der Waals surface area contributed by atoms with Crippen LogP contribution < -0.4 is 20.9 Å². The van der Waals surface area contributed by atoms with Gasteiger partial charge in [-0.25, -0.2) is 10.9 Å². The van der Waals surface area contributed by atoms with Crippen LogP contribution in [-0.2, 0) is 11.3 Å². The topological polar surface area (TPSA) is 62.4 Å². The zero-order valence-electron chi connectivity index (χ0n) is 14.1. The Bertz CT molecular complexity index is 704. The molecule has 1 aliphatic rings. The van der Waals surface area contributed by atoms with Crippen molar-refractivity contribution in [3.63, 3.8) is 0 Å². The Morgan fingerprint density at radius 1 is 1.16 bits per heavy atom. The molecule has 0 saturated carbocycles. The number of amides is 1. The van der Waals surface area contributed by atoms with Gasteiger partial charge in [0.15, 0.2) is 0 Å². The third-order valence-corrected chi connectivity index (χ3v) is 4.45. The summed E-state index contributed by atoms with van der Waals surface area (Å²) in [6.07, 6.45) is 0.691. The van der Waals surface area contributed by atoms with Gasteiger partial charge >= 0.3 is 0 Å². The molecule has 5 nitrogen and oxygen atoms in total. The van der Waals surface area contributed by atoms with Crippen LogP contribution in [-0.4, -0.2) is 18.6 Å². The van der Waals surface area contributed by atoms with Crippen LogP contribution in [0.15, 0.2) is 48.5 Å². The predicted octanol–water partition coefficient (Wildman–Crippen LogP) is 2.96. The lowest BCUT2D eigenvalue weighted by Crippen LogP contribution is -2.42. The van der Waals surface area contributed by atoms with E-state index < -0.39 is 0 Å². The standard InChI is InChI=1S/C19H22ClN3O2/c1-2-25-16-9-3-13(4-10-16)12-21-19(24)18-11-17(22-23-18)14-5-7-15(20)8-6-14/h3-10,17-18,22-23H,2,11-12H2,1H3,(H,21,24). The third kappa shape index (κ3) is 4.72. The van der Waals surface area contributed by atoms with Crippen LogP contribution in [0.25, 0.3) is 0 Å². The van der Waals surface area contributed by atoms with Crippen molar-refractivity contribution >= 4 is 17.5 Å². The van der Waals surface area contributed by atoms with Crippen molar-refractivity contribution in [3.8, 4) is 5.75 Å². The normalized spacial score (nSPS) is 19.6. The lowest BCUT2D eigenvalue weighted by Gasteiger charge is -2.11. The number of ether oxygens (including phenoxy) is 1. The number of benzene rings is 2. The summed E-state index contributed by atoms with van der Waals surface area (Å²) < 4.78 is 5.42. The first-order chi connectivity index (χ1) is 12.2. The predicted molar refractivity (Wildman–Crippen MR) is 98.3 cm³/mol. The van der Waals surface area contributed by atoms with Crippen LogP contribution in [0.5, 0.6) is 5.75 Å². The maximum atomic E-state index is 12.4. The molecule has 0 radical (unpaired) electrons. The summed E-state index contributed by atoms with van der Waals surface area (Å²) in [4.78, 5) is 12.4. The Morgan fingerprint density at radius 3 is 2.56 bits per heavy atom. The Balaban J connectivity index is 1.49. The van der Waals surface area contributed by atoms with E-state index in [1.165, 1.54) is 0 Å². The van der Waals surface area contributed by atoms with E-state index in [2.05, 4.69) is 16.2 Å². The average Bonchev–Trinajstić information content (AvgIpc) is 3.12. The minimum atomic E-state index is -0.261. The molecule has 1 heterocycles. The molecular weight excluding hydrogens is 338 g/mol. The molecule has 6 heteroatoms. The van der Waals surface area contributed by atoms with Crippen molar-refractivity contribution in [1.29, 1.82) is 0 Å². The Morgan fingerprint density at radius 2 is 1.88 bits per heavy atom. The van der Waals surface area contributed by atoms with Gasteiger partial charge in [0, 0.05) is 17.6 Å². The fraction of sp³-hybridized carbons (Fsp3) is 0.316. The van der Waals surface area contributed by atoms with Gasteiger partial charge in [-0.3, -0.25) is 4.79 Å². The number of carbonyl (C=O) groups is 1. The molecular formula is C19H22ClN3O2. The molecule has 2 unspecified atom stereocenters. The van der Waals surface area contributed by atoms with Crippen LogP contribution in [0.3, 0.4) is 0 Å². The molecule has 25 heavy (non-hydrogen) atoms. The zero-order chi connectivity index (χ0) is 17.6. The van der Waals surface area contributed by atoms with Crippen molar-refractivity contribution in [2.24, 2.45) is 0 Å². The number of hydrogen-bond donors (Lipinski definition) is 3. The van der Waals surface area contributed by atoms with Crippen molar-refractivity contribution < 1.29 is 9.53 Å². The molecule has 132 valence electrons. The number of hydrogen-bond acceptors (Lipinski definition) is 4. The smallest absolute Gasteiger partial charge is 0.238 e. The summed E-state index contributed by atoms with van der Waals surface area (Å²) >= 11 is 5.92. The highest BCUT2D eigenvalue weighted by atomic mass is 35.5. The maximum Gasteiger partial charge on any atom is 0.238 e. The van der Waals surface area contributed by atoms with E-state index in [0.717, 1.165) is 16.9 Å². The molecule has 3 N–H and O–H groups in total. The van der Waals surface area contributed by atoms with E-state index in [4.69, 9.17) is 16.3 Å². The van der Waals surface area contributed by atoms with E-state index in [1.54, 1.807) is 0 Å². The van der Waals surface area contributed by atoms with Gasteiger partial charge in [0.25, 0.3) is 0 Å². The second kappa shape index (κ2) is 8.34. The highest BCUT2D eigenvalue weighted by Crippen LogP contribution is 2.23. The van der Waals surface area contributed by atoms with E-state index in [9.17, 15) is 4.79 Å². The molecule has 2 atom stereocenters. The van der Waals surface area contributed by atoms with Gasteiger partial charge in [-0.15, -0.1) is 0 Å². The van der Waals surface area contributed by atoms with Crippen LogP contribution >= 0.6 is 11.6 Å². The minimum Gasteiger partial charge on any atom is -0.494 e. The van der Waals surface area contributed by atoms with Gasteiger partial charge < -0.3 is 10.1 Å². The van der Waals surface area contributed by atoms with Gasteiger partial charge in [-0.1, -0.05) is 35.9 Å². The SMILES string of the molecule is CCOc1ccc(CNC(=O)C2CC(c3ccc(Cl)cc3)NN2)cc1. The summed E-state index contributed by atoms with van der Waals surface area (Å²) in [5, 5.41) is 3.68. The molecule has 0 aromatic heterocycles. The fourth-order valence-electron chi connectivity index (χ4n) is 2.82. The largest absolute Gasteiger partial charge is 0.494 e. The Hall–Kier alpha value is -2.08. The Labute approximate surface area is 152 Å². The van der Waals surface area contributed by atoms with Gasteiger partial charge in [0.1, 0.15) is 11.8 Å². The number of hydrazine groups is 1. The molecule has 1 amide bonds. The highest BCUT2D eigenvalue weighted by molar-refractivity contribution is 6.30. The number of carbonyl (C=O) groups excluding carboxylic acids is 1. The van der Waals surface area contributed by atoms with Crippen LogP contribution in [0.4, 0.5) is 0 Å². The minimum absolute atomic E-state index is 0.0159. The number of nitrogens with one attached hydrogen (secondary N) is 3. The van der Waals surface area contributed by atoms with Gasteiger partial charge in [-0.2, -0.15) is 0 Å². The zero-order valence-corrected chi connectivity index (χ0v) is 14.8. The van der Waals surface area contributed by atoms with Crippen LogP contribution in [0, 0.1) is 0 Å². The number of rotatable bonds is 6. The van der Waals surface area contributed by atoms with E-state index in [-0.39, 0.29) is 18.0 Å². The first kappa shape index (κ1) is 17.7. The lowest BCUT2D eigenvalue weighted by atomic mass is 10.0. The summed E-state index contributed by atoms with van der Waals surface area (Å²) in [7, 11) is 0. The van der Waals surface area contributed by atoms with E-state index >= 15 is 0 Å².